The molecule has 0 saturated carbocycles. The molecular formula is C36H82N2O4Si4. The van der Waals surface area contributed by atoms with Crippen molar-refractivity contribution in [1.82, 2.24) is 4.90 Å². The molecule has 0 spiro atoms. The lowest BCUT2D eigenvalue weighted by atomic mass is 9.94. The Morgan fingerprint density at radius 2 is 0.935 bits per heavy atom. The number of nitrogens with zero attached hydrogens (tertiary/aromatic N) is 1. The first kappa shape index (κ1) is 44.6. The Bertz CT molecular complexity index is 930. The molecular weight excluding hydrogens is 637 g/mol. The van der Waals surface area contributed by atoms with Gasteiger partial charge in [0, 0.05) is 6.54 Å². The Morgan fingerprint density at radius 1 is 0.543 bits per heavy atom. The van der Waals surface area contributed by atoms with E-state index in [1.165, 1.54) is 12.8 Å². The summed E-state index contributed by atoms with van der Waals surface area (Å²) in [7, 11) is -8.54. The highest BCUT2D eigenvalue weighted by atomic mass is 28.4. The number of rotatable bonds is 15. The van der Waals surface area contributed by atoms with Crippen LogP contribution in [0.1, 0.15) is 109 Å². The summed E-state index contributed by atoms with van der Waals surface area (Å²) in [6.45, 7) is 50.6. The van der Waals surface area contributed by atoms with Gasteiger partial charge in [-0.2, -0.15) is 0 Å². The molecule has 0 aromatic heterocycles. The molecule has 4 atom stereocenters. The Labute approximate surface area is 292 Å². The fraction of sp³-hybridized carbons (Fsp3) is 1.00. The molecule has 1 saturated heterocycles. The smallest absolute Gasteiger partial charge is 0.192 e. The Morgan fingerprint density at radius 3 is 1.35 bits per heavy atom. The van der Waals surface area contributed by atoms with Crippen LogP contribution in [0.4, 0.5) is 0 Å². The van der Waals surface area contributed by atoms with Gasteiger partial charge in [0.05, 0.1) is 31.0 Å². The summed E-state index contributed by atoms with van der Waals surface area (Å²) in [6.07, 6.45) is 4.27. The van der Waals surface area contributed by atoms with E-state index in [1.807, 2.05) is 0 Å². The average Bonchev–Trinajstić information content (AvgIpc) is 2.82. The van der Waals surface area contributed by atoms with Crippen molar-refractivity contribution in [2.24, 2.45) is 5.73 Å². The molecule has 0 bridgehead atoms. The van der Waals surface area contributed by atoms with Crippen molar-refractivity contribution in [3.05, 3.63) is 0 Å². The van der Waals surface area contributed by atoms with Gasteiger partial charge in [-0.15, -0.1) is 0 Å². The largest absolute Gasteiger partial charge is 0.415 e. The Kier molecular flexibility index (Phi) is 15.4. The molecule has 46 heavy (non-hydrogen) atoms. The fourth-order valence-corrected chi connectivity index (χ4v) is 9.86. The van der Waals surface area contributed by atoms with Gasteiger partial charge in [-0.05, 0) is 98.5 Å². The summed E-state index contributed by atoms with van der Waals surface area (Å²) < 4.78 is 29.8. The van der Waals surface area contributed by atoms with Gasteiger partial charge in [-0.25, -0.2) is 0 Å². The summed E-state index contributed by atoms with van der Waals surface area (Å²) in [4.78, 5) is 2.69. The minimum absolute atomic E-state index is 0.0575. The van der Waals surface area contributed by atoms with Crippen molar-refractivity contribution in [1.29, 1.82) is 0 Å². The second-order valence-electron chi connectivity index (χ2n) is 20.4. The number of nitrogens with two attached hydrogens (primary N) is 1. The average molecular weight is 719 g/mol. The quantitative estimate of drug-likeness (QED) is 0.134. The van der Waals surface area contributed by atoms with Crippen LogP contribution in [0.5, 0.6) is 0 Å². The highest BCUT2D eigenvalue weighted by Gasteiger charge is 2.55. The first-order valence-corrected chi connectivity index (χ1v) is 30.1. The lowest BCUT2D eigenvalue weighted by Crippen LogP contribution is -2.70. The van der Waals surface area contributed by atoms with Crippen LogP contribution >= 0.6 is 0 Å². The van der Waals surface area contributed by atoms with Gasteiger partial charge in [-0.1, -0.05) is 95.9 Å². The van der Waals surface area contributed by atoms with Crippen LogP contribution in [-0.4, -0.2) is 88.8 Å². The van der Waals surface area contributed by atoms with E-state index < -0.39 is 33.3 Å². The van der Waals surface area contributed by atoms with Gasteiger partial charge >= 0.3 is 0 Å². The van der Waals surface area contributed by atoms with Crippen LogP contribution in [0, 0.1) is 0 Å². The first-order valence-electron chi connectivity index (χ1n) is 18.4. The zero-order chi connectivity index (χ0) is 36.4. The maximum Gasteiger partial charge on any atom is 0.192 e. The lowest BCUT2D eigenvalue weighted by molar-refractivity contribution is -0.128. The topological polar surface area (TPSA) is 66.2 Å². The van der Waals surface area contributed by atoms with E-state index in [0.29, 0.717) is 6.61 Å². The summed E-state index contributed by atoms with van der Waals surface area (Å²) in [5, 5.41) is 0.373. The van der Waals surface area contributed by atoms with E-state index in [4.69, 9.17) is 23.4 Å². The van der Waals surface area contributed by atoms with E-state index in [9.17, 15) is 0 Å². The first-order chi connectivity index (χ1) is 20.3. The maximum absolute atomic E-state index is 7.63. The van der Waals surface area contributed by atoms with E-state index in [0.717, 1.165) is 32.5 Å². The van der Waals surface area contributed by atoms with Crippen LogP contribution in [0.3, 0.4) is 0 Å². The standard InChI is InChI=1S/C36H82N2O4Si4/c1-33(2,3)43(13,14)39-28-29-31(41-45(17,18)35(7,8)9)32(42-46(19,20)36(10,11)12)30(40-44(15,16)34(4,5)6)27-38(29)26-24-22-21-23-25-37/h29-32H,21-28,37H2,1-20H3/t29-,30?,31?,32?/m1/s1. The molecule has 1 heterocycles. The highest BCUT2D eigenvalue weighted by molar-refractivity contribution is 6.75. The van der Waals surface area contributed by atoms with Gasteiger partial charge in [0.2, 0.25) is 0 Å². The second kappa shape index (κ2) is 15.9. The van der Waals surface area contributed by atoms with Gasteiger partial charge in [0.15, 0.2) is 33.3 Å². The normalized spacial score (nSPS) is 23.7. The predicted molar refractivity (Wildman–Crippen MR) is 212 cm³/mol. The zero-order valence-corrected chi connectivity index (χ0v) is 38.6. The Balaban J connectivity index is 3.91. The molecule has 0 aromatic carbocycles. The number of piperidine rings is 1. The zero-order valence-electron chi connectivity index (χ0n) is 34.6. The monoisotopic (exact) mass is 719 g/mol. The van der Waals surface area contributed by atoms with Crippen molar-refractivity contribution in [2.75, 3.05) is 26.2 Å². The van der Waals surface area contributed by atoms with Gasteiger partial charge in [-0.3, -0.25) is 4.90 Å². The van der Waals surface area contributed by atoms with E-state index in [-0.39, 0.29) is 44.5 Å². The Hall–Kier alpha value is 0.628. The van der Waals surface area contributed by atoms with E-state index in [1.54, 1.807) is 0 Å². The minimum Gasteiger partial charge on any atom is -0.415 e. The van der Waals surface area contributed by atoms with Crippen molar-refractivity contribution in [3.63, 3.8) is 0 Å². The molecule has 6 nitrogen and oxygen atoms in total. The van der Waals surface area contributed by atoms with Crippen LogP contribution in [0.15, 0.2) is 0 Å². The highest BCUT2D eigenvalue weighted by Crippen LogP contribution is 2.46. The molecule has 1 aliphatic heterocycles. The predicted octanol–water partition coefficient (Wildman–Crippen LogP) is 10.4. The maximum atomic E-state index is 7.63. The molecule has 1 aliphatic rings. The van der Waals surface area contributed by atoms with Crippen molar-refractivity contribution < 1.29 is 17.7 Å². The van der Waals surface area contributed by atoms with Crippen molar-refractivity contribution >= 4 is 33.3 Å². The van der Waals surface area contributed by atoms with E-state index in [2.05, 4.69) is 140 Å². The van der Waals surface area contributed by atoms with Gasteiger partial charge < -0.3 is 23.4 Å². The molecule has 2 N–H and O–H groups in total. The van der Waals surface area contributed by atoms with Crippen molar-refractivity contribution in [3.8, 4) is 0 Å². The van der Waals surface area contributed by atoms with Gasteiger partial charge in [0.25, 0.3) is 0 Å². The number of unbranched alkanes of at least 4 members (excludes halogenated alkanes) is 3. The summed E-state index contributed by atoms with van der Waals surface area (Å²) in [6, 6.07) is 0.104. The third kappa shape index (κ3) is 11.9. The number of hydrogen-bond acceptors (Lipinski definition) is 6. The lowest BCUT2D eigenvalue weighted by Gasteiger charge is -2.56. The SMILES string of the molecule is CC(C)(C)[Si](C)(C)OC[C@@H]1C(O[Si](C)(C)C(C)(C)C)C(O[Si](C)(C)C(C)(C)C)C(O[Si](C)(C)C(C)(C)C)CN1CCCCCCN. The number of hydrogen-bond donors (Lipinski definition) is 1. The van der Waals surface area contributed by atoms with Crippen molar-refractivity contribution in [2.45, 2.75) is 206 Å². The molecule has 3 unspecified atom stereocenters. The molecule has 276 valence electrons. The fourth-order valence-electron chi connectivity index (χ4n) is 4.87. The van der Waals surface area contributed by atoms with Crippen LogP contribution in [0.2, 0.25) is 72.5 Å². The van der Waals surface area contributed by atoms with Crippen LogP contribution < -0.4 is 5.73 Å². The molecule has 0 amide bonds. The minimum atomic E-state index is -2.21. The second-order valence-corrected chi connectivity index (χ2v) is 39.5. The van der Waals surface area contributed by atoms with Crippen LogP contribution in [0.25, 0.3) is 0 Å². The van der Waals surface area contributed by atoms with Gasteiger partial charge in [0.1, 0.15) is 0 Å². The third-order valence-corrected chi connectivity index (χ3v) is 30.5. The number of likely N-dealkylation sites (tertiary alicyclic amines) is 1. The summed E-state index contributed by atoms with van der Waals surface area (Å²) in [5.41, 5.74) is 5.85. The summed E-state index contributed by atoms with van der Waals surface area (Å²) in [5.74, 6) is 0. The van der Waals surface area contributed by atoms with E-state index >= 15 is 0 Å². The summed E-state index contributed by atoms with van der Waals surface area (Å²) >= 11 is 0. The molecule has 1 fully saturated rings. The molecule has 0 radical (unpaired) electrons. The molecule has 10 heteroatoms. The molecule has 1 rings (SSSR count). The van der Waals surface area contributed by atoms with Crippen LogP contribution in [-0.2, 0) is 17.7 Å². The molecule has 0 aliphatic carbocycles. The third-order valence-electron chi connectivity index (χ3n) is 12.5. The molecule has 0 aromatic rings.